The van der Waals surface area contributed by atoms with Gasteiger partial charge in [0.1, 0.15) is 8.07 Å². The Kier molecular flexibility index (Phi) is 4.66. The molecule has 0 bridgehead atoms. The van der Waals surface area contributed by atoms with Gasteiger partial charge in [0.15, 0.2) is 0 Å². The van der Waals surface area contributed by atoms with Gasteiger partial charge < -0.3 is 0 Å². The molecular formula is C19H30N2Si. The average molecular weight is 315 g/mol. The summed E-state index contributed by atoms with van der Waals surface area (Å²) in [5.41, 5.74) is 5.41. The lowest BCUT2D eigenvalue weighted by molar-refractivity contribution is 0.727. The number of aromatic nitrogens is 2. The van der Waals surface area contributed by atoms with Gasteiger partial charge in [-0.2, -0.15) is 5.10 Å². The van der Waals surface area contributed by atoms with Gasteiger partial charge in [-0.3, -0.25) is 5.10 Å². The van der Waals surface area contributed by atoms with Crippen molar-refractivity contribution in [1.29, 1.82) is 0 Å². The van der Waals surface area contributed by atoms with E-state index in [1.165, 1.54) is 27.7 Å². The fraction of sp³-hybridized carbons (Fsp3) is 0.526. The minimum Gasteiger partial charge on any atom is -0.283 e. The minimum absolute atomic E-state index is 0.301. The van der Waals surface area contributed by atoms with Crippen LogP contribution in [-0.4, -0.2) is 18.3 Å². The van der Waals surface area contributed by atoms with Crippen molar-refractivity contribution >= 4 is 13.4 Å². The molecule has 1 aromatic carbocycles. The largest absolute Gasteiger partial charge is 0.283 e. The number of aromatic amines is 1. The summed E-state index contributed by atoms with van der Waals surface area (Å²) in [5.74, 6) is 0. The Labute approximate surface area is 136 Å². The molecule has 2 aromatic rings. The summed E-state index contributed by atoms with van der Waals surface area (Å²) < 4.78 is 0. The highest BCUT2D eigenvalue weighted by atomic mass is 28.3. The standard InChI is InChI=1S/C19H30N2Si/c1-8-15-9-11-16(12-10-15)13-17-14(2)20-21-18(17)22(6,7)19(3,4)5/h9-12H,8,13H2,1-7H3,(H,20,21). The smallest absolute Gasteiger partial charge is 0.112 e. The molecule has 22 heavy (non-hydrogen) atoms. The van der Waals surface area contributed by atoms with E-state index >= 15 is 0 Å². The lowest BCUT2D eigenvalue weighted by atomic mass is 10.0. The Bertz CT molecular complexity index is 630. The van der Waals surface area contributed by atoms with Gasteiger partial charge in [-0.15, -0.1) is 0 Å². The number of H-pyrrole nitrogens is 1. The first-order valence-corrected chi connectivity index (χ1v) is 11.3. The number of hydrogen-bond donors (Lipinski definition) is 1. The summed E-state index contributed by atoms with van der Waals surface area (Å²) in [6.07, 6.45) is 2.08. The molecule has 0 saturated heterocycles. The summed E-state index contributed by atoms with van der Waals surface area (Å²) in [4.78, 5) is 0. The molecule has 0 unspecified atom stereocenters. The third-order valence-corrected chi connectivity index (χ3v) is 10.7. The van der Waals surface area contributed by atoms with E-state index in [2.05, 4.69) is 77.1 Å². The molecule has 0 aliphatic heterocycles. The van der Waals surface area contributed by atoms with Crippen molar-refractivity contribution < 1.29 is 0 Å². The SMILES string of the molecule is CCc1ccc(Cc2c([Si](C)(C)C(C)(C)C)n[nH]c2C)cc1. The van der Waals surface area contributed by atoms with Crippen LogP contribution in [0.15, 0.2) is 24.3 Å². The number of nitrogens with one attached hydrogen (secondary N) is 1. The summed E-state index contributed by atoms with van der Waals surface area (Å²) in [7, 11) is -1.62. The molecule has 0 spiro atoms. The zero-order valence-electron chi connectivity index (χ0n) is 15.2. The van der Waals surface area contributed by atoms with Crippen LogP contribution in [0.5, 0.6) is 0 Å². The normalized spacial score (nSPS) is 12.7. The molecule has 2 nitrogen and oxygen atoms in total. The summed E-state index contributed by atoms with van der Waals surface area (Å²) in [6, 6.07) is 9.02. The molecule has 3 heteroatoms. The third kappa shape index (κ3) is 3.19. The quantitative estimate of drug-likeness (QED) is 0.822. The molecule has 0 fully saturated rings. The molecule has 120 valence electrons. The Balaban J connectivity index is 2.37. The number of aryl methyl sites for hydroxylation is 2. The Morgan fingerprint density at radius 1 is 1.05 bits per heavy atom. The first kappa shape index (κ1) is 17.0. The van der Waals surface area contributed by atoms with Crippen LogP contribution in [0, 0.1) is 6.92 Å². The van der Waals surface area contributed by atoms with Crippen LogP contribution in [0.4, 0.5) is 0 Å². The van der Waals surface area contributed by atoms with E-state index in [0.717, 1.165) is 12.8 Å². The fourth-order valence-corrected chi connectivity index (χ4v) is 4.71. The molecule has 0 amide bonds. The van der Waals surface area contributed by atoms with E-state index in [-0.39, 0.29) is 0 Å². The van der Waals surface area contributed by atoms with E-state index in [9.17, 15) is 0 Å². The second kappa shape index (κ2) is 6.03. The van der Waals surface area contributed by atoms with Crippen molar-refractivity contribution in [3.05, 3.63) is 46.6 Å². The fourth-order valence-electron chi connectivity index (χ4n) is 2.64. The van der Waals surface area contributed by atoms with Crippen LogP contribution < -0.4 is 5.32 Å². The number of rotatable bonds is 4. The first-order chi connectivity index (χ1) is 10.2. The molecular weight excluding hydrogens is 284 g/mol. The van der Waals surface area contributed by atoms with Gasteiger partial charge in [-0.05, 0) is 35.1 Å². The Morgan fingerprint density at radius 2 is 1.59 bits per heavy atom. The van der Waals surface area contributed by atoms with Crippen LogP contribution in [-0.2, 0) is 12.8 Å². The second-order valence-electron chi connectivity index (χ2n) is 7.90. The van der Waals surface area contributed by atoms with E-state index in [1.54, 1.807) is 0 Å². The summed E-state index contributed by atoms with van der Waals surface area (Å²) in [6.45, 7) is 16.3. The number of benzene rings is 1. The zero-order valence-corrected chi connectivity index (χ0v) is 16.2. The highest BCUT2D eigenvalue weighted by Gasteiger charge is 2.40. The monoisotopic (exact) mass is 314 g/mol. The molecule has 1 N–H and O–H groups in total. The molecule has 0 aliphatic carbocycles. The highest BCUT2D eigenvalue weighted by Crippen LogP contribution is 2.36. The Morgan fingerprint density at radius 3 is 2.09 bits per heavy atom. The van der Waals surface area contributed by atoms with Crippen molar-refractivity contribution in [2.75, 3.05) is 0 Å². The van der Waals surface area contributed by atoms with Gasteiger partial charge in [-0.25, -0.2) is 0 Å². The van der Waals surface area contributed by atoms with Crippen molar-refractivity contribution in [2.45, 2.75) is 65.6 Å². The predicted molar refractivity (Wildman–Crippen MR) is 98.8 cm³/mol. The number of nitrogens with zero attached hydrogens (tertiary/aromatic N) is 1. The van der Waals surface area contributed by atoms with Gasteiger partial charge in [0.2, 0.25) is 0 Å². The summed E-state index contributed by atoms with van der Waals surface area (Å²) >= 11 is 0. The van der Waals surface area contributed by atoms with Crippen LogP contribution >= 0.6 is 0 Å². The molecule has 2 rings (SSSR count). The maximum absolute atomic E-state index is 4.72. The van der Waals surface area contributed by atoms with Crippen molar-refractivity contribution in [2.24, 2.45) is 0 Å². The predicted octanol–water partition coefficient (Wildman–Crippen LogP) is 4.59. The van der Waals surface area contributed by atoms with Crippen LogP contribution in [0.2, 0.25) is 18.1 Å². The maximum Gasteiger partial charge on any atom is 0.112 e. The van der Waals surface area contributed by atoms with Crippen LogP contribution in [0.3, 0.4) is 0 Å². The Hall–Kier alpha value is -1.35. The molecule has 0 aliphatic rings. The van der Waals surface area contributed by atoms with Gasteiger partial charge in [0.05, 0.1) is 0 Å². The van der Waals surface area contributed by atoms with Gasteiger partial charge in [0, 0.05) is 17.4 Å². The van der Waals surface area contributed by atoms with E-state index in [0.29, 0.717) is 5.04 Å². The zero-order chi connectivity index (χ0) is 16.5. The van der Waals surface area contributed by atoms with Gasteiger partial charge in [-0.1, -0.05) is 65.1 Å². The van der Waals surface area contributed by atoms with Crippen molar-refractivity contribution in [1.82, 2.24) is 10.2 Å². The van der Waals surface area contributed by atoms with Gasteiger partial charge >= 0.3 is 0 Å². The first-order valence-electron chi connectivity index (χ1n) is 8.29. The lowest BCUT2D eigenvalue weighted by Gasteiger charge is -2.36. The topological polar surface area (TPSA) is 28.7 Å². The molecule has 0 saturated carbocycles. The second-order valence-corrected chi connectivity index (χ2v) is 13.1. The van der Waals surface area contributed by atoms with Crippen molar-refractivity contribution in [3.63, 3.8) is 0 Å². The van der Waals surface area contributed by atoms with Gasteiger partial charge in [0.25, 0.3) is 0 Å². The third-order valence-electron chi connectivity index (χ3n) is 5.35. The maximum atomic E-state index is 4.72. The highest BCUT2D eigenvalue weighted by molar-refractivity contribution is 6.91. The minimum atomic E-state index is -1.62. The molecule has 0 atom stereocenters. The van der Waals surface area contributed by atoms with E-state index in [1.807, 2.05) is 0 Å². The summed E-state index contributed by atoms with van der Waals surface area (Å²) in [5, 5.41) is 9.61. The van der Waals surface area contributed by atoms with Crippen LogP contribution in [0.25, 0.3) is 0 Å². The number of hydrogen-bond acceptors (Lipinski definition) is 1. The van der Waals surface area contributed by atoms with Crippen LogP contribution in [0.1, 0.15) is 50.1 Å². The molecule has 1 aromatic heterocycles. The molecule has 0 radical (unpaired) electrons. The molecule has 1 heterocycles. The van der Waals surface area contributed by atoms with E-state index < -0.39 is 8.07 Å². The lowest BCUT2D eigenvalue weighted by Crippen LogP contribution is -2.51. The van der Waals surface area contributed by atoms with E-state index in [4.69, 9.17) is 5.10 Å². The van der Waals surface area contributed by atoms with Crippen molar-refractivity contribution in [3.8, 4) is 0 Å². The average Bonchev–Trinajstić information content (AvgIpc) is 2.80.